The molecule has 16 heavy (non-hydrogen) atoms. The Bertz CT molecular complexity index is 391. The fourth-order valence-electron chi connectivity index (χ4n) is 2.18. The summed E-state index contributed by atoms with van der Waals surface area (Å²) in [6.45, 7) is 3.89. The summed E-state index contributed by atoms with van der Waals surface area (Å²) in [5.41, 5.74) is 0.623. The van der Waals surface area contributed by atoms with Gasteiger partial charge in [0.05, 0.1) is 10.6 Å². The topological polar surface area (TPSA) is 20.3 Å². The molecule has 1 fully saturated rings. The van der Waals surface area contributed by atoms with E-state index in [2.05, 4.69) is 6.92 Å². The number of benzene rings is 1. The maximum atomic E-state index is 12.2. The second-order valence-corrected chi connectivity index (χ2v) is 4.89. The SMILES string of the molecule is C[C@@H]1CCCN(C(=O)c2ccccc2Cl)C1. The Hall–Kier alpha value is -1.02. The number of hydrogen-bond acceptors (Lipinski definition) is 1. The van der Waals surface area contributed by atoms with Crippen LogP contribution in [0.1, 0.15) is 30.1 Å². The van der Waals surface area contributed by atoms with E-state index in [4.69, 9.17) is 11.6 Å². The van der Waals surface area contributed by atoms with Crippen molar-refractivity contribution in [1.29, 1.82) is 0 Å². The van der Waals surface area contributed by atoms with Crippen molar-refractivity contribution in [3.63, 3.8) is 0 Å². The number of rotatable bonds is 1. The number of hydrogen-bond donors (Lipinski definition) is 0. The molecule has 0 saturated carbocycles. The summed E-state index contributed by atoms with van der Waals surface area (Å²) in [6.07, 6.45) is 2.31. The quantitative estimate of drug-likeness (QED) is 0.735. The maximum absolute atomic E-state index is 12.2. The summed E-state index contributed by atoms with van der Waals surface area (Å²) in [6, 6.07) is 7.26. The van der Waals surface area contributed by atoms with Crippen LogP contribution in [0.5, 0.6) is 0 Å². The fraction of sp³-hybridized carbons (Fsp3) is 0.462. The molecular weight excluding hydrogens is 222 g/mol. The van der Waals surface area contributed by atoms with Gasteiger partial charge in [-0.15, -0.1) is 0 Å². The van der Waals surface area contributed by atoms with E-state index in [-0.39, 0.29) is 5.91 Å². The molecule has 0 unspecified atom stereocenters. The van der Waals surface area contributed by atoms with E-state index >= 15 is 0 Å². The Morgan fingerprint density at radius 1 is 1.44 bits per heavy atom. The molecule has 0 bridgehead atoms. The van der Waals surface area contributed by atoms with Crippen molar-refractivity contribution in [3.8, 4) is 0 Å². The highest BCUT2D eigenvalue weighted by atomic mass is 35.5. The van der Waals surface area contributed by atoms with Gasteiger partial charge >= 0.3 is 0 Å². The Kier molecular flexibility index (Phi) is 3.49. The second-order valence-electron chi connectivity index (χ2n) is 4.48. The minimum atomic E-state index is 0.0668. The summed E-state index contributed by atoms with van der Waals surface area (Å²) in [5, 5.41) is 0.547. The van der Waals surface area contributed by atoms with Crippen molar-refractivity contribution in [1.82, 2.24) is 4.90 Å². The number of carbonyl (C=O) groups excluding carboxylic acids is 1. The molecule has 1 atom stereocenters. The second kappa shape index (κ2) is 4.88. The van der Waals surface area contributed by atoms with Crippen LogP contribution in [0.25, 0.3) is 0 Å². The minimum Gasteiger partial charge on any atom is -0.338 e. The number of piperidine rings is 1. The molecule has 0 N–H and O–H groups in total. The molecule has 86 valence electrons. The summed E-state index contributed by atoms with van der Waals surface area (Å²) in [7, 11) is 0. The lowest BCUT2D eigenvalue weighted by molar-refractivity contribution is 0.0683. The van der Waals surface area contributed by atoms with E-state index in [0.717, 1.165) is 19.5 Å². The van der Waals surface area contributed by atoms with Gasteiger partial charge in [-0.3, -0.25) is 4.79 Å². The first kappa shape index (κ1) is 11.5. The van der Waals surface area contributed by atoms with Crippen LogP contribution in [0.4, 0.5) is 0 Å². The minimum absolute atomic E-state index is 0.0668. The van der Waals surface area contributed by atoms with Gasteiger partial charge in [0.2, 0.25) is 0 Å². The molecule has 0 aliphatic carbocycles. The van der Waals surface area contributed by atoms with Crippen LogP contribution in [-0.4, -0.2) is 23.9 Å². The zero-order chi connectivity index (χ0) is 11.5. The van der Waals surface area contributed by atoms with Crippen molar-refractivity contribution < 1.29 is 4.79 Å². The fourth-order valence-corrected chi connectivity index (χ4v) is 2.40. The van der Waals surface area contributed by atoms with Gasteiger partial charge in [-0.25, -0.2) is 0 Å². The Morgan fingerprint density at radius 2 is 2.19 bits per heavy atom. The molecule has 0 aromatic heterocycles. The van der Waals surface area contributed by atoms with Gasteiger partial charge in [0.1, 0.15) is 0 Å². The summed E-state index contributed by atoms with van der Waals surface area (Å²) >= 11 is 6.03. The number of halogens is 1. The molecule has 1 aliphatic heterocycles. The molecule has 1 aromatic rings. The molecule has 0 radical (unpaired) electrons. The van der Waals surface area contributed by atoms with Gasteiger partial charge in [0, 0.05) is 13.1 Å². The van der Waals surface area contributed by atoms with Crippen molar-refractivity contribution >= 4 is 17.5 Å². The van der Waals surface area contributed by atoms with Gasteiger partial charge < -0.3 is 4.90 Å². The molecule has 0 spiro atoms. The molecule has 3 heteroatoms. The van der Waals surface area contributed by atoms with E-state index in [1.165, 1.54) is 6.42 Å². The van der Waals surface area contributed by atoms with E-state index in [0.29, 0.717) is 16.5 Å². The van der Waals surface area contributed by atoms with Crippen LogP contribution >= 0.6 is 11.6 Å². The highest BCUT2D eigenvalue weighted by molar-refractivity contribution is 6.33. The monoisotopic (exact) mass is 237 g/mol. The van der Waals surface area contributed by atoms with Crippen molar-refractivity contribution in [2.75, 3.05) is 13.1 Å². The Labute approximate surface area is 101 Å². The summed E-state index contributed by atoms with van der Waals surface area (Å²) in [4.78, 5) is 14.1. The molecule has 1 heterocycles. The van der Waals surface area contributed by atoms with Gasteiger partial charge in [0.25, 0.3) is 5.91 Å². The lowest BCUT2D eigenvalue weighted by Crippen LogP contribution is -2.39. The predicted molar refractivity (Wildman–Crippen MR) is 65.8 cm³/mol. The third kappa shape index (κ3) is 2.38. The number of nitrogens with zero attached hydrogens (tertiary/aromatic N) is 1. The van der Waals surface area contributed by atoms with Crippen LogP contribution in [0, 0.1) is 5.92 Å². The van der Waals surface area contributed by atoms with Crippen LogP contribution in [0.2, 0.25) is 5.02 Å². The third-order valence-electron chi connectivity index (χ3n) is 3.05. The number of amides is 1. The highest BCUT2D eigenvalue weighted by Crippen LogP contribution is 2.21. The average Bonchev–Trinajstić information content (AvgIpc) is 2.29. The van der Waals surface area contributed by atoms with E-state index < -0.39 is 0 Å². The molecule has 2 nitrogen and oxygen atoms in total. The van der Waals surface area contributed by atoms with E-state index in [1.54, 1.807) is 12.1 Å². The van der Waals surface area contributed by atoms with E-state index in [9.17, 15) is 4.79 Å². The van der Waals surface area contributed by atoms with Crippen molar-refractivity contribution in [3.05, 3.63) is 34.9 Å². The summed E-state index contributed by atoms with van der Waals surface area (Å²) in [5.74, 6) is 0.664. The van der Waals surface area contributed by atoms with Gasteiger partial charge in [-0.05, 0) is 30.9 Å². The van der Waals surface area contributed by atoms with Crippen molar-refractivity contribution in [2.45, 2.75) is 19.8 Å². The molecule has 2 rings (SSSR count). The Morgan fingerprint density at radius 3 is 2.88 bits per heavy atom. The molecule has 1 amide bonds. The molecular formula is C13H16ClNO. The number of carbonyl (C=O) groups is 1. The zero-order valence-electron chi connectivity index (χ0n) is 9.45. The largest absolute Gasteiger partial charge is 0.338 e. The lowest BCUT2D eigenvalue weighted by atomic mass is 9.99. The Balaban J connectivity index is 2.16. The standard InChI is InChI=1S/C13H16ClNO/c1-10-5-4-8-15(9-10)13(16)11-6-2-3-7-12(11)14/h2-3,6-7,10H,4-5,8-9H2,1H3/t10-/m1/s1. The third-order valence-corrected chi connectivity index (χ3v) is 3.38. The predicted octanol–water partition coefficient (Wildman–Crippen LogP) is 3.21. The lowest BCUT2D eigenvalue weighted by Gasteiger charge is -2.31. The summed E-state index contributed by atoms with van der Waals surface area (Å²) < 4.78 is 0. The van der Waals surface area contributed by atoms with Crippen LogP contribution in [0.3, 0.4) is 0 Å². The molecule has 1 aliphatic rings. The number of likely N-dealkylation sites (tertiary alicyclic amines) is 1. The first-order valence-corrected chi connectivity index (χ1v) is 6.10. The average molecular weight is 238 g/mol. The first-order valence-electron chi connectivity index (χ1n) is 5.72. The van der Waals surface area contributed by atoms with Crippen LogP contribution < -0.4 is 0 Å². The zero-order valence-corrected chi connectivity index (χ0v) is 10.2. The van der Waals surface area contributed by atoms with Gasteiger partial charge in [0.15, 0.2) is 0 Å². The van der Waals surface area contributed by atoms with Crippen LogP contribution in [0.15, 0.2) is 24.3 Å². The molecule has 1 aromatic carbocycles. The highest BCUT2D eigenvalue weighted by Gasteiger charge is 2.23. The van der Waals surface area contributed by atoms with Crippen molar-refractivity contribution in [2.24, 2.45) is 5.92 Å². The normalized spacial score (nSPS) is 20.9. The first-order chi connectivity index (χ1) is 7.68. The maximum Gasteiger partial charge on any atom is 0.255 e. The van der Waals surface area contributed by atoms with E-state index in [1.807, 2.05) is 17.0 Å². The van der Waals surface area contributed by atoms with Gasteiger partial charge in [-0.2, -0.15) is 0 Å². The van der Waals surface area contributed by atoms with Gasteiger partial charge in [-0.1, -0.05) is 30.7 Å². The molecule has 1 saturated heterocycles. The smallest absolute Gasteiger partial charge is 0.255 e. The van der Waals surface area contributed by atoms with Crippen LogP contribution in [-0.2, 0) is 0 Å².